The highest BCUT2D eigenvalue weighted by Crippen LogP contribution is 2.31. The maximum atomic E-state index is 12.6. The number of hydrogen-bond acceptors (Lipinski definition) is 5. The second-order valence-electron chi connectivity index (χ2n) is 6.44. The molecule has 0 heterocycles. The van der Waals surface area contributed by atoms with Crippen LogP contribution in [0.5, 0.6) is 0 Å². The van der Waals surface area contributed by atoms with Gasteiger partial charge in [0.2, 0.25) is 5.91 Å². The number of benzene rings is 1. The lowest BCUT2D eigenvalue weighted by molar-refractivity contribution is -0.147. The van der Waals surface area contributed by atoms with E-state index >= 15 is 0 Å². The number of carboxylic acids is 1. The molecule has 8 heteroatoms. The molecule has 2 atom stereocenters. The van der Waals surface area contributed by atoms with Gasteiger partial charge in [-0.1, -0.05) is 25.0 Å². The minimum absolute atomic E-state index is 0.250. The molecule has 27 heavy (non-hydrogen) atoms. The molecule has 0 aromatic heterocycles. The fraction of sp³-hybridized carbons (Fsp3) is 0.474. The Hall–Kier alpha value is -2.90. The number of nitrogens with zero attached hydrogens (tertiary/aromatic N) is 1. The lowest BCUT2D eigenvalue weighted by atomic mass is 9.78. The van der Waals surface area contributed by atoms with Gasteiger partial charge in [0, 0.05) is 5.69 Å². The van der Waals surface area contributed by atoms with Crippen molar-refractivity contribution in [1.82, 2.24) is 5.43 Å². The number of carboxylic acid groups (broad SMARTS) is 1. The summed E-state index contributed by atoms with van der Waals surface area (Å²) < 4.78 is 4.74. The SMILES string of the molecule is CCOC(=O)N/N=C(/C)c1cccc(NC(=O)[C@@H]2CCCC[C@H]2C(=O)O)c1. The number of aliphatic carboxylic acids is 1. The number of rotatable bonds is 6. The largest absolute Gasteiger partial charge is 0.481 e. The maximum absolute atomic E-state index is 12.6. The van der Waals surface area contributed by atoms with E-state index in [2.05, 4.69) is 15.8 Å². The summed E-state index contributed by atoms with van der Waals surface area (Å²) in [6.07, 6.45) is 2.15. The predicted octanol–water partition coefficient (Wildman–Crippen LogP) is 2.99. The molecule has 1 saturated carbocycles. The Bertz CT molecular complexity index is 732. The summed E-state index contributed by atoms with van der Waals surface area (Å²) in [5, 5.41) is 16.1. The molecule has 146 valence electrons. The first kappa shape index (κ1) is 20.4. The van der Waals surface area contributed by atoms with Crippen molar-refractivity contribution in [3.63, 3.8) is 0 Å². The van der Waals surface area contributed by atoms with Gasteiger partial charge in [0.25, 0.3) is 0 Å². The molecule has 2 rings (SSSR count). The van der Waals surface area contributed by atoms with Gasteiger partial charge in [-0.2, -0.15) is 5.10 Å². The van der Waals surface area contributed by atoms with Crippen LogP contribution in [0.15, 0.2) is 29.4 Å². The number of carbonyl (C=O) groups is 3. The van der Waals surface area contributed by atoms with Crippen molar-refractivity contribution in [3.05, 3.63) is 29.8 Å². The van der Waals surface area contributed by atoms with Gasteiger partial charge in [0.05, 0.1) is 24.2 Å². The second kappa shape index (κ2) is 9.70. The minimum Gasteiger partial charge on any atom is -0.481 e. The monoisotopic (exact) mass is 375 g/mol. The van der Waals surface area contributed by atoms with E-state index in [-0.39, 0.29) is 12.5 Å². The molecule has 2 amide bonds. The summed E-state index contributed by atoms with van der Waals surface area (Å²) in [5.74, 6) is -2.37. The van der Waals surface area contributed by atoms with Crippen LogP contribution >= 0.6 is 0 Å². The zero-order chi connectivity index (χ0) is 19.8. The van der Waals surface area contributed by atoms with Crippen molar-refractivity contribution in [2.45, 2.75) is 39.5 Å². The van der Waals surface area contributed by atoms with Gasteiger partial charge in [0.15, 0.2) is 0 Å². The fourth-order valence-corrected chi connectivity index (χ4v) is 3.15. The van der Waals surface area contributed by atoms with Crippen molar-refractivity contribution < 1.29 is 24.2 Å². The van der Waals surface area contributed by atoms with Crippen LogP contribution in [0.3, 0.4) is 0 Å². The van der Waals surface area contributed by atoms with E-state index in [4.69, 9.17) is 4.74 Å². The van der Waals surface area contributed by atoms with Crippen LogP contribution in [0.4, 0.5) is 10.5 Å². The van der Waals surface area contributed by atoms with Gasteiger partial charge >= 0.3 is 12.1 Å². The summed E-state index contributed by atoms with van der Waals surface area (Å²) in [6.45, 7) is 3.67. The van der Waals surface area contributed by atoms with Gasteiger partial charge in [-0.15, -0.1) is 0 Å². The number of hydrogen-bond donors (Lipinski definition) is 3. The van der Waals surface area contributed by atoms with E-state index in [1.54, 1.807) is 38.1 Å². The van der Waals surface area contributed by atoms with Crippen molar-refractivity contribution in [3.8, 4) is 0 Å². The molecule has 1 aromatic rings. The van der Waals surface area contributed by atoms with E-state index in [1.807, 2.05) is 0 Å². The predicted molar refractivity (Wildman–Crippen MR) is 101 cm³/mol. The topological polar surface area (TPSA) is 117 Å². The van der Waals surface area contributed by atoms with Crippen molar-refractivity contribution in [2.75, 3.05) is 11.9 Å². The molecule has 0 aliphatic heterocycles. The molecular formula is C19H25N3O5. The summed E-state index contributed by atoms with van der Waals surface area (Å²) in [5.41, 5.74) is 4.09. The third-order valence-corrected chi connectivity index (χ3v) is 4.56. The third-order valence-electron chi connectivity index (χ3n) is 4.56. The molecule has 3 N–H and O–H groups in total. The summed E-state index contributed by atoms with van der Waals surface area (Å²) in [7, 11) is 0. The van der Waals surface area contributed by atoms with Crippen LogP contribution in [0.2, 0.25) is 0 Å². The summed E-state index contributed by atoms with van der Waals surface area (Å²) in [6, 6.07) is 7.00. The summed E-state index contributed by atoms with van der Waals surface area (Å²) in [4.78, 5) is 35.3. The maximum Gasteiger partial charge on any atom is 0.427 e. The second-order valence-corrected chi connectivity index (χ2v) is 6.44. The smallest absolute Gasteiger partial charge is 0.427 e. The number of ether oxygens (including phenoxy) is 1. The average Bonchev–Trinajstić information content (AvgIpc) is 2.66. The van der Waals surface area contributed by atoms with Gasteiger partial charge in [0.1, 0.15) is 0 Å². The first-order valence-electron chi connectivity index (χ1n) is 9.03. The summed E-state index contributed by atoms with van der Waals surface area (Å²) >= 11 is 0. The Labute approximate surface area is 158 Å². The van der Waals surface area contributed by atoms with Crippen LogP contribution in [0.1, 0.15) is 45.1 Å². The van der Waals surface area contributed by atoms with Gasteiger partial charge in [-0.05, 0) is 44.4 Å². The Morgan fingerprint density at radius 3 is 2.59 bits per heavy atom. The van der Waals surface area contributed by atoms with Gasteiger partial charge in [-0.3, -0.25) is 9.59 Å². The zero-order valence-electron chi connectivity index (χ0n) is 15.5. The Balaban J connectivity index is 2.06. The van der Waals surface area contributed by atoms with Crippen LogP contribution in [0, 0.1) is 11.8 Å². The number of amides is 2. The molecule has 0 unspecified atom stereocenters. The highest BCUT2D eigenvalue weighted by Gasteiger charge is 2.35. The third kappa shape index (κ3) is 5.80. The average molecular weight is 375 g/mol. The van der Waals surface area contributed by atoms with Gasteiger partial charge in [-0.25, -0.2) is 10.2 Å². The standard InChI is InChI=1S/C19H25N3O5/c1-3-27-19(26)22-21-12(2)13-7-6-8-14(11-13)20-17(23)15-9-4-5-10-16(15)18(24)25/h6-8,11,15-16H,3-5,9-10H2,1-2H3,(H,20,23)(H,22,26)(H,24,25)/b21-12-/t15-,16-/m1/s1. The van der Waals surface area contributed by atoms with E-state index in [0.717, 1.165) is 12.8 Å². The number of hydrazone groups is 1. The Kier molecular flexibility index (Phi) is 7.34. The highest BCUT2D eigenvalue weighted by molar-refractivity contribution is 6.01. The van der Waals surface area contributed by atoms with Crippen LogP contribution in [-0.2, 0) is 14.3 Å². The first-order chi connectivity index (χ1) is 12.9. The molecule has 1 fully saturated rings. The lowest BCUT2D eigenvalue weighted by Crippen LogP contribution is -2.36. The van der Waals surface area contributed by atoms with E-state index in [1.165, 1.54) is 0 Å². The van der Waals surface area contributed by atoms with Crippen molar-refractivity contribution in [1.29, 1.82) is 0 Å². The van der Waals surface area contributed by atoms with E-state index in [0.29, 0.717) is 29.8 Å². The molecule has 1 aliphatic carbocycles. The fourth-order valence-electron chi connectivity index (χ4n) is 3.15. The van der Waals surface area contributed by atoms with Gasteiger partial charge < -0.3 is 15.2 Å². The van der Waals surface area contributed by atoms with Crippen LogP contribution in [-0.4, -0.2) is 35.4 Å². The van der Waals surface area contributed by atoms with Crippen LogP contribution in [0.25, 0.3) is 0 Å². The lowest BCUT2D eigenvalue weighted by Gasteiger charge is -2.27. The normalized spacial score (nSPS) is 19.9. The molecule has 0 bridgehead atoms. The molecule has 0 spiro atoms. The zero-order valence-corrected chi connectivity index (χ0v) is 15.5. The van der Waals surface area contributed by atoms with Crippen molar-refractivity contribution >= 4 is 29.4 Å². The molecule has 1 aliphatic rings. The van der Waals surface area contributed by atoms with E-state index in [9.17, 15) is 19.5 Å². The Morgan fingerprint density at radius 2 is 1.93 bits per heavy atom. The molecule has 0 saturated heterocycles. The highest BCUT2D eigenvalue weighted by atomic mass is 16.5. The number of anilines is 1. The number of nitrogens with one attached hydrogen (secondary N) is 2. The molecule has 8 nitrogen and oxygen atoms in total. The van der Waals surface area contributed by atoms with Crippen molar-refractivity contribution in [2.24, 2.45) is 16.9 Å². The first-order valence-corrected chi connectivity index (χ1v) is 9.03. The number of carbonyl (C=O) groups excluding carboxylic acids is 2. The minimum atomic E-state index is -0.920. The molecule has 1 aromatic carbocycles. The Morgan fingerprint density at radius 1 is 1.22 bits per heavy atom. The van der Waals surface area contributed by atoms with E-state index < -0.39 is 23.9 Å². The quantitative estimate of drug-likeness (QED) is 0.522. The van der Waals surface area contributed by atoms with Crippen LogP contribution < -0.4 is 10.7 Å². The molecule has 0 radical (unpaired) electrons. The molecular weight excluding hydrogens is 350 g/mol.